The van der Waals surface area contributed by atoms with Crippen LogP contribution in [-0.2, 0) is 0 Å². The Labute approximate surface area is 109 Å². The van der Waals surface area contributed by atoms with Gasteiger partial charge in [-0.25, -0.2) is 4.39 Å². The maximum absolute atomic E-state index is 13.7. The summed E-state index contributed by atoms with van der Waals surface area (Å²) in [5.41, 5.74) is 8.76. The van der Waals surface area contributed by atoms with Crippen molar-refractivity contribution in [3.8, 4) is 0 Å². The van der Waals surface area contributed by atoms with Crippen LogP contribution in [-0.4, -0.2) is 12.6 Å². The van der Waals surface area contributed by atoms with E-state index in [1.807, 2.05) is 19.9 Å². The van der Waals surface area contributed by atoms with E-state index >= 15 is 0 Å². The maximum atomic E-state index is 13.7. The summed E-state index contributed by atoms with van der Waals surface area (Å²) in [5.74, 6) is -0.154. The van der Waals surface area contributed by atoms with Gasteiger partial charge in [-0.1, -0.05) is 6.92 Å². The van der Waals surface area contributed by atoms with E-state index in [0.29, 0.717) is 11.6 Å². The second-order valence-corrected chi connectivity index (χ2v) is 5.37. The van der Waals surface area contributed by atoms with Crippen molar-refractivity contribution in [3.05, 3.63) is 29.1 Å². The number of halogens is 1. The Morgan fingerprint density at radius 2 is 2.11 bits per heavy atom. The highest BCUT2D eigenvalue weighted by molar-refractivity contribution is 5.58. The molecule has 0 spiro atoms. The number of benzene rings is 1. The number of hydrogen-bond donors (Lipinski definition) is 1. The van der Waals surface area contributed by atoms with Gasteiger partial charge in [0.1, 0.15) is 5.82 Å². The number of aryl methyl sites for hydroxylation is 1. The van der Waals surface area contributed by atoms with Crippen LogP contribution in [0.25, 0.3) is 0 Å². The first-order valence-corrected chi connectivity index (χ1v) is 6.86. The summed E-state index contributed by atoms with van der Waals surface area (Å²) in [6, 6.07) is 4.07. The minimum atomic E-state index is -0.154. The third kappa shape index (κ3) is 2.66. The molecule has 0 aromatic heterocycles. The van der Waals surface area contributed by atoms with Crippen LogP contribution in [0.2, 0.25) is 0 Å². The number of rotatable bonds is 5. The standard InChI is InChI=1S/C15H23FN2/c1-4-7-18(12-5-6-12)15-8-10(2)14(16)9-13(15)11(3)17/h8-9,11-12H,4-7,17H2,1-3H3/t11-/m0/s1. The van der Waals surface area contributed by atoms with Crippen LogP contribution >= 0.6 is 0 Å². The molecule has 2 nitrogen and oxygen atoms in total. The predicted molar refractivity (Wildman–Crippen MR) is 74.4 cm³/mol. The Balaban J connectivity index is 2.42. The Hall–Kier alpha value is -1.09. The molecule has 0 amide bonds. The van der Waals surface area contributed by atoms with Crippen molar-refractivity contribution < 1.29 is 4.39 Å². The predicted octanol–water partition coefficient (Wildman–Crippen LogP) is 3.53. The zero-order valence-corrected chi connectivity index (χ0v) is 11.5. The molecule has 1 aliphatic carbocycles. The molecule has 1 saturated carbocycles. The minimum Gasteiger partial charge on any atom is -0.368 e. The zero-order valence-electron chi connectivity index (χ0n) is 11.5. The average Bonchev–Trinajstić information content (AvgIpc) is 3.13. The number of hydrogen-bond acceptors (Lipinski definition) is 2. The van der Waals surface area contributed by atoms with Crippen molar-refractivity contribution in [1.29, 1.82) is 0 Å². The lowest BCUT2D eigenvalue weighted by molar-refractivity contribution is 0.611. The summed E-state index contributed by atoms with van der Waals surface area (Å²) in [5, 5.41) is 0. The fourth-order valence-electron chi connectivity index (χ4n) is 2.42. The van der Waals surface area contributed by atoms with E-state index in [0.717, 1.165) is 24.2 Å². The molecule has 3 heteroatoms. The number of anilines is 1. The Kier molecular flexibility index (Phi) is 3.91. The van der Waals surface area contributed by atoms with Crippen LogP contribution in [0.4, 0.5) is 10.1 Å². The van der Waals surface area contributed by atoms with E-state index in [-0.39, 0.29) is 11.9 Å². The van der Waals surface area contributed by atoms with Gasteiger partial charge in [-0.15, -0.1) is 0 Å². The van der Waals surface area contributed by atoms with Crippen molar-refractivity contribution in [2.45, 2.75) is 52.1 Å². The highest BCUT2D eigenvalue weighted by Gasteiger charge is 2.30. The lowest BCUT2D eigenvalue weighted by atomic mass is 10.0. The lowest BCUT2D eigenvalue weighted by Gasteiger charge is -2.28. The van der Waals surface area contributed by atoms with Gasteiger partial charge in [0.2, 0.25) is 0 Å². The van der Waals surface area contributed by atoms with Crippen LogP contribution in [0.15, 0.2) is 12.1 Å². The fourth-order valence-corrected chi connectivity index (χ4v) is 2.42. The number of nitrogens with zero attached hydrogens (tertiary/aromatic N) is 1. The van der Waals surface area contributed by atoms with E-state index in [2.05, 4.69) is 11.8 Å². The summed E-state index contributed by atoms with van der Waals surface area (Å²) >= 11 is 0. The maximum Gasteiger partial charge on any atom is 0.126 e. The zero-order chi connectivity index (χ0) is 13.3. The van der Waals surface area contributed by atoms with Gasteiger partial charge >= 0.3 is 0 Å². The van der Waals surface area contributed by atoms with E-state index in [4.69, 9.17) is 5.73 Å². The third-order valence-electron chi connectivity index (χ3n) is 3.56. The topological polar surface area (TPSA) is 29.3 Å². The fraction of sp³-hybridized carbons (Fsp3) is 0.600. The molecule has 1 aromatic rings. The summed E-state index contributed by atoms with van der Waals surface area (Å²) in [6.45, 7) is 6.94. The molecule has 2 N–H and O–H groups in total. The van der Waals surface area contributed by atoms with Gasteiger partial charge in [0, 0.05) is 24.3 Å². The SMILES string of the molecule is CCCN(c1cc(C)c(F)cc1[C@H](C)N)C1CC1. The molecule has 0 saturated heterocycles. The highest BCUT2D eigenvalue weighted by Crippen LogP contribution is 2.36. The molecule has 0 bridgehead atoms. The van der Waals surface area contributed by atoms with Crippen molar-refractivity contribution in [2.24, 2.45) is 5.73 Å². The van der Waals surface area contributed by atoms with Crippen LogP contribution in [0.3, 0.4) is 0 Å². The molecule has 0 heterocycles. The van der Waals surface area contributed by atoms with Crippen LogP contribution < -0.4 is 10.6 Å². The highest BCUT2D eigenvalue weighted by atomic mass is 19.1. The molecule has 0 radical (unpaired) electrons. The molecule has 1 fully saturated rings. The van der Waals surface area contributed by atoms with Gasteiger partial charge in [0.25, 0.3) is 0 Å². The van der Waals surface area contributed by atoms with Gasteiger partial charge in [-0.2, -0.15) is 0 Å². The van der Waals surface area contributed by atoms with Gasteiger partial charge in [-0.3, -0.25) is 0 Å². The Morgan fingerprint density at radius 3 is 2.61 bits per heavy atom. The van der Waals surface area contributed by atoms with E-state index in [1.165, 1.54) is 12.8 Å². The van der Waals surface area contributed by atoms with Crippen molar-refractivity contribution in [2.75, 3.05) is 11.4 Å². The van der Waals surface area contributed by atoms with Crippen molar-refractivity contribution >= 4 is 5.69 Å². The van der Waals surface area contributed by atoms with Crippen molar-refractivity contribution in [1.82, 2.24) is 0 Å². The third-order valence-corrected chi connectivity index (χ3v) is 3.56. The molecule has 18 heavy (non-hydrogen) atoms. The van der Waals surface area contributed by atoms with Crippen LogP contribution in [0, 0.1) is 12.7 Å². The average molecular weight is 250 g/mol. The summed E-state index contributed by atoms with van der Waals surface area (Å²) in [7, 11) is 0. The molecule has 0 aliphatic heterocycles. The van der Waals surface area contributed by atoms with Crippen molar-refractivity contribution in [3.63, 3.8) is 0 Å². The van der Waals surface area contributed by atoms with Gasteiger partial charge in [0.15, 0.2) is 0 Å². The Bertz CT molecular complexity index is 425. The smallest absolute Gasteiger partial charge is 0.126 e. The largest absolute Gasteiger partial charge is 0.368 e. The molecule has 1 aliphatic rings. The second-order valence-electron chi connectivity index (χ2n) is 5.37. The molecule has 1 aromatic carbocycles. The molecular weight excluding hydrogens is 227 g/mol. The van der Waals surface area contributed by atoms with Crippen LogP contribution in [0.5, 0.6) is 0 Å². The summed E-state index contributed by atoms with van der Waals surface area (Å²) < 4.78 is 13.7. The molecular formula is C15H23FN2. The van der Waals surface area contributed by atoms with E-state index in [1.54, 1.807) is 6.07 Å². The van der Waals surface area contributed by atoms with Gasteiger partial charge < -0.3 is 10.6 Å². The van der Waals surface area contributed by atoms with Crippen LogP contribution in [0.1, 0.15) is 50.3 Å². The number of nitrogens with two attached hydrogens (primary N) is 1. The second kappa shape index (κ2) is 5.27. The normalized spacial score (nSPS) is 16.7. The van der Waals surface area contributed by atoms with E-state index < -0.39 is 0 Å². The van der Waals surface area contributed by atoms with Gasteiger partial charge in [-0.05, 0) is 56.4 Å². The molecule has 2 rings (SSSR count). The first-order chi connectivity index (χ1) is 8.54. The first-order valence-electron chi connectivity index (χ1n) is 6.86. The monoisotopic (exact) mass is 250 g/mol. The molecule has 0 unspecified atom stereocenters. The van der Waals surface area contributed by atoms with Gasteiger partial charge in [0.05, 0.1) is 0 Å². The quantitative estimate of drug-likeness (QED) is 0.866. The Morgan fingerprint density at radius 1 is 1.44 bits per heavy atom. The first kappa shape index (κ1) is 13.3. The van der Waals surface area contributed by atoms with E-state index in [9.17, 15) is 4.39 Å². The molecule has 100 valence electrons. The summed E-state index contributed by atoms with van der Waals surface area (Å²) in [6.07, 6.45) is 3.59. The minimum absolute atomic E-state index is 0.131. The lowest BCUT2D eigenvalue weighted by Crippen LogP contribution is -2.28. The summed E-state index contributed by atoms with van der Waals surface area (Å²) in [4.78, 5) is 2.41. The molecule has 1 atom stereocenters.